The normalized spacial score (nSPS) is 14.4. The largest absolute Gasteiger partial charge is 0.424 e. The molecule has 0 aromatic heterocycles. The summed E-state index contributed by atoms with van der Waals surface area (Å²) in [6.07, 6.45) is 7.16. The van der Waals surface area contributed by atoms with Crippen LogP contribution in [0.4, 0.5) is 0 Å². The number of allylic oxidation sites excluding steroid dienone is 3. The molecule has 0 spiro atoms. The van der Waals surface area contributed by atoms with Crippen LogP contribution in [-0.4, -0.2) is 13.1 Å². The average molecular weight is 525 g/mol. The molecule has 0 fully saturated rings. The van der Waals surface area contributed by atoms with Gasteiger partial charge in [-0.1, -0.05) is 121 Å². The molecule has 0 saturated heterocycles. The summed E-state index contributed by atoms with van der Waals surface area (Å²) in [7, 11) is -2.97. The summed E-state index contributed by atoms with van der Waals surface area (Å²) >= 11 is 8.38. The Kier molecular flexibility index (Phi) is 9.00. The van der Waals surface area contributed by atoms with Crippen LogP contribution in [0.25, 0.3) is 0 Å². The van der Waals surface area contributed by atoms with Crippen molar-refractivity contribution in [3.8, 4) is 0 Å². The van der Waals surface area contributed by atoms with E-state index in [0.29, 0.717) is 5.92 Å². The average Bonchev–Trinajstić information content (AvgIpc) is 2.70. The third kappa shape index (κ3) is 5.82. The van der Waals surface area contributed by atoms with Crippen molar-refractivity contribution < 1.29 is 4.80 Å². The van der Waals surface area contributed by atoms with E-state index in [0.717, 1.165) is 34.7 Å². The maximum Gasteiger partial charge on any atom is 0.258 e. The molecule has 2 aromatic carbocycles. The first-order valence-corrected chi connectivity index (χ1v) is 13.3. The molecule has 0 saturated carbocycles. The van der Waals surface area contributed by atoms with Crippen molar-refractivity contribution in [3.63, 3.8) is 0 Å². The number of halogens is 2. The fourth-order valence-electron chi connectivity index (χ4n) is 4.01. The van der Waals surface area contributed by atoms with Gasteiger partial charge in [-0.3, -0.25) is 0 Å². The lowest BCUT2D eigenvalue weighted by Gasteiger charge is -2.43. The molecule has 4 heteroatoms. The summed E-state index contributed by atoms with van der Waals surface area (Å²) in [5.41, 5.74) is 0. The first kappa shape index (κ1) is 23.4. The topological polar surface area (TPSA) is 20.2 Å². The third-order valence-electron chi connectivity index (χ3n) is 5.45. The van der Waals surface area contributed by atoms with Gasteiger partial charge in [0.05, 0.1) is 0 Å². The first-order chi connectivity index (χ1) is 13.3. The Balaban J connectivity index is 2.46. The summed E-state index contributed by atoms with van der Waals surface area (Å²) in [6, 6.07) is 20.5. The highest BCUT2D eigenvalue weighted by Crippen LogP contribution is 2.43. The molecule has 150 valence electrons. The SMILES string of the molecule is C/C(Cl)=C\C[C@@H](C/C=C\I)CC(C)(C)[Si](O)(c1ccccc1)c1ccccc1. The van der Waals surface area contributed by atoms with Crippen LogP contribution in [0.3, 0.4) is 0 Å². The van der Waals surface area contributed by atoms with E-state index in [1.807, 2.05) is 43.3 Å². The Hall–Kier alpha value is -0.883. The maximum atomic E-state index is 12.3. The highest BCUT2D eigenvalue weighted by atomic mass is 127. The fourth-order valence-corrected chi connectivity index (χ4v) is 8.22. The standard InChI is InChI=1S/C24H30ClIOSi/c1-20(25)16-17-21(11-10-18-26)19-24(2,3)28(27,22-12-6-4-7-13-22)23-14-8-5-9-15-23/h4-10,12-16,18,21,27H,11,17,19H2,1-3H3/b18-10-,20-16+/t21-/m1/s1. The van der Waals surface area contributed by atoms with Crippen molar-refractivity contribution in [2.24, 2.45) is 5.92 Å². The van der Waals surface area contributed by atoms with Crippen molar-refractivity contribution >= 4 is 52.9 Å². The Morgan fingerprint density at radius 3 is 1.96 bits per heavy atom. The Morgan fingerprint density at radius 2 is 1.54 bits per heavy atom. The van der Waals surface area contributed by atoms with Crippen LogP contribution in [-0.2, 0) is 0 Å². The van der Waals surface area contributed by atoms with Crippen molar-refractivity contribution in [3.05, 3.63) is 81.9 Å². The molecule has 0 bridgehead atoms. The van der Waals surface area contributed by atoms with Crippen LogP contribution in [0, 0.1) is 5.92 Å². The molecule has 0 radical (unpaired) electrons. The van der Waals surface area contributed by atoms with Crippen molar-refractivity contribution in [2.45, 2.75) is 45.1 Å². The molecule has 1 nitrogen and oxygen atoms in total. The molecule has 28 heavy (non-hydrogen) atoms. The minimum absolute atomic E-state index is 0.243. The Labute approximate surface area is 189 Å². The molecule has 1 atom stereocenters. The summed E-state index contributed by atoms with van der Waals surface area (Å²) in [6.45, 7) is 6.39. The van der Waals surface area contributed by atoms with Crippen LogP contribution in [0.5, 0.6) is 0 Å². The molecule has 2 rings (SSSR count). The summed E-state index contributed by atoms with van der Waals surface area (Å²) in [4.78, 5) is 12.3. The second kappa shape index (κ2) is 10.8. The molecule has 0 heterocycles. The van der Waals surface area contributed by atoms with E-state index in [9.17, 15) is 4.80 Å². The summed E-state index contributed by atoms with van der Waals surface area (Å²) in [5, 5.41) is 2.73. The minimum atomic E-state index is -2.97. The van der Waals surface area contributed by atoms with Crippen molar-refractivity contribution in [1.82, 2.24) is 0 Å². The van der Waals surface area contributed by atoms with E-state index in [1.54, 1.807) is 0 Å². The van der Waals surface area contributed by atoms with E-state index in [1.165, 1.54) is 0 Å². The van der Waals surface area contributed by atoms with Crippen molar-refractivity contribution in [2.75, 3.05) is 0 Å². The number of hydrogen-bond donors (Lipinski definition) is 1. The second-order valence-electron chi connectivity index (χ2n) is 8.02. The molecule has 0 unspecified atom stereocenters. The number of benzene rings is 2. The molecule has 2 aromatic rings. The van der Waals surface area contributed by atoms with Gasteiger partial charge in [0.25, 0.3) is 8.32 Å². The predicted octanol–water partition coefficient (Wildman–Crippen LogP) is 6.40. The van der Waals surface area contributed by atoms with Gasteiger partial charge in [-0.25, -0.2) is 0 Å². The zero-order valence-electron chi connectivity index (χ0n) is 16.9. The molecular formula is C24H30ClIOSi. The van der Waals surface area contributed by atoms with Crippen LogP contribution in [0.1, 0.15) is 40.0 Å². The zero-order valence-corrected chi connectivity index (χ0v) is 20.8. The lowest BCUT2D eigenvalue weighted by atomic mass is 9.90. The number of rotatable bonds is 9. The van der Waals surface area contributed by atoms with Gasteiger partial charge >= 0.3 is 0 Å². The van der Waals surface area contributed by atoms with Gasteiger partial charge in [-0.15, -0.1) is 0 Å². The van der Waals surface area contributed by atoms with E-state index >= 15 is 0 Å². The van der Waals surface area contributed by atoms with Gasteiger partial charge in [-0.05, 0) is 51.6 Å². The quantitative estimate of drug-likeness (QED) is 0.297. The van der Waals surface area contributed by atoms with Crippen LogP contribution in [0.15, 0.2) is 81.9 Å². The smallest absolute Gasteiger partial charge is 0.258 e. The lowest BCUT2D eigenvalue weighted by Crippen LogP contribution is -2.65. The Morgan fingerprint density at radius 1 is 1.04 bits per heavy atom. The van der Waals surface area contributed by atoms with Gasteiger partial charge in [0.1, 0.15) is 0 Å². The highest BCUT2D eigenvalue weighted by Gasteiger charge is 2.50. The van der Waals surface area contributed by atoms with Gasteiger partial charge < -0.3 is 4.80 Å². The lowest BCUT2D eigenvalue weighted by molar-refractivity contribution is 0.384. The van der Waals surface area contributed by atoms with Crippen LogP contribution >= 0.6 is 34.2 Å². The monoisotopic (exact) mass is 524 g/mol. The molecule has 0 aliphatic rings. The maximum absolute atomic E-state index is 12.3. The minimum Gasteiger partial charge on any atom is -0.424 e. The molecule has 0 aliphatic carbocycles. The van der Waals surface area contributed by atoms with E-state index in [-0.39, 0.29) is 5.04 Å². The van der Waals surface area contributed by atoms with E-state index in [4.69, 9.17) is 11.6 Å². The second-order valence-corrected chi connectivity index (χ2v) is 13.3. The third-order valence-corrected chi connectivity index (χ3v) is 10.6. The Bertz CT molecular complexity index is 743. The fraction of sp³-hybridized carbons (Fsp3) is 0.333. The summed E-state index contributed by atoms with van der Waals surface area (Å²) in [5.74, 6) is 0.432. The highest BCUT2D eigenvalue weighted by molar-refractivity contribution is 14.1. The van der Waals surface area contributed by atoms with Crippen LogP contribution < -0.4 is 10.4 Å². The van der Waals surface area contributed by atoms with E-state index < -0.39 is 8.32 Å². The summed E-state index contributed by atoms with van der Waals surface area (Å²) < 4.78 is 2.08. The van der Waals surface area contributed by atoms with E-state index in [2.05, 4.69) is 76.9 Å². The predicted molar refractivity (Wildman–Crippen MR) is 134 cm³/mol. The van der Waals surface area contributed by atoms with Crippen LogP contribution in [0.2, 0.25) is 5.04 Å². The molecule has 0 amide bonds. The van der Waals surface area contributed by atoms with Crippen molar-refractivity contribution in [1.29, 1.82) is 0 Å². The number of hydrogen-bond acceptors (Lipinski definition) is 1. The first-order valence-electron chi connectivity index (χ1n) is 9.72. The molecule has 0 aliphatic heterocycles. The van der Waals surface area contributed by atoms with Gasteiger partial charge in [-0.2, -0.15) is 0 Å². The van der Waals surface area contributed by atoms with Gasteiger partial charge in [0.15, 0.2) is 0 Å². The zero-order chi connectivity index (χ0) is 20.6. The molecule has 1 N–H and O–H groups in total. The molecular weight excluding hydrogens is 495 g/mol. The van der Waals surface area contributed by atoms with Gasteiger partial charge in [0.2, 0.25) is 0 Å². The van der Waals surface area contributed by atoms with Gasteiger partial charge in [0, 0.05) is 5.03 Å².